The van der Waals surface area contributed by atoms with Crippen molar-refractivity contribution in [3.63, 3.8) is 0 Å². The van der Waals surface area contributed by atoms with Gasteiger partial charge < -0.3 is 19.4 Å². The molecule has 0 spiro atoms. The van der Waals surface area contributed by atoms with Crippen molar-refractivity contribution >= 4 is 22.9 Å². The molecule has 0 bridgehead atoms. The predicted octanol–water partition coefficient (Wildman–Crippen LogP) is 4.93. The number of nitrogens with one attached hydrogen (secondary N) is 1. The van der Waals surface area contributed by atoms with Crippen molar-refractivity contribution in [3.05, 3.63) is 72.2 Å². The number of carbonyl (C=O) groups is 1. The largest absolute Gasteiger partial charge is 0.497 e. The summed E-state index contributed by atoms with van der Waals surface area (Å²) in [4.78, 5) is 17.4. The maximum Gasteiger partial charge on any atom is 0.244 e. The van der Waals surface area contributed by atoms with Crippen LogP contribution < -0.4 is 14.8 Å². The lowest BCUT2D eigenvalue weighted by molar-refractivity contribution is -0.116. The van der Waals surface area contributed by atoms with Crippen molar-refractivity contribution in [2.75, 3.05) is 19.5 Å². The van der Waals surface area contributed by atoms with Crippen LogP contribution in [0, 0.1) is 0 Å². The van der Waals surface area contributed by atoms with E-state index in [1.807, 2.05) is 58.6 Å². The molecule has 152 valence electrons. The van der Waals surface area contributed by atoms with E-state index in [4.69, 9.17) is 14.5 Å². The molecule has 0 atom stereocenters. The summed E-state index contributed by atoms with van der Waals surface area (Å²) in [6.07, 6.45) is 1.88. The number of aromatic nitrogens is 2. The van der Waals surface area contributed by atoms with Crippen LogP contribution in [0.4, 0.5) is 5.69 Å². The minimum absolute atomic E-state index is 0.157. The first-order valence-corrected chi connectivity index (χ1v) is 10.2. The molecule has 0 aliphatic carbocycles. The number of thiazole rings is 1. The summed E-state index contributed by atoms with van der Waals surface area (Å²) < 4.78 is 12.4. The average molecular weight is 420 g/mol. The first-order valence-electron chi connectivity index (χ1n) is 9.36. The number of hydrogen-bond donors (Lipinski definition) is 1. The average Bonchev–Trinajstić information content (AvgIpc) is 3.44. The van der Waals surface area contributed by atoms with Gasteiger partial charge in [-0.15, -0.1) is 11.3 Å². The van der Waals surface area contributed by atoms with Gasteiger partial charge in [0.25, 0.3) is 0 Å². The lowest BCUT2D eigenvalue weighted by Gasteiger charge is -2.12. The summed E-state index contributed by atoms with van der Waals surface area (Å²) >= 11 is 1.56. The molecule has 0 saturated heterocycles. The molecular weight excluding hydrogens is 398 g/mol. The van der Waals surface area contributed by atoms with Crippen LogP contribution in [0.15, 0.2) is 72.2 Å². The Labute approximate surface area is 178 Å². The van der Waals surface area contributed by atoms with Gasteiger partial charge in [-0.1, -0.05) is 30.3 Å². The Kier molecular flexibility index (Phi) is 5.81. The molecule has 1 N–H and O–H groups in total. The van der Waals surface area contributed by atoms with Gasteiger partial charge in [-0.3, -0.25) is 4.79 Å². The number of hydrogen-bond acceptors (Lipinski definition) is 5. The van der Waals surface area contributed by atoms with Crippen LogP contribution in [-0.2, 0) is 11.3 Å². The Morgan fingerprint density at radius 3 is 2.67 bits per heavy atom. The Morgan fingerprint density at radius 1 is 1.07 bits per heavy atom. The fraction of sp³-hybridized carbons (Fsp3) is 0.130. The highest BCUT2D eigenvalue weighted by Gasteiger charge is 2.14. The number of methoxy groups -OCH3 is 2. The van der Waals surface area contributed by atoms with Gasteiger partial charge >= 0.3 is 0 Å². The third-order valence-corrected chi connectivity index (χ3v) is 5.48. The van der Waals surface area contributed by atoms with Crippen LogP contribution in [0.2, 0.25) is 0 Å². The van der Waals surface area contributed by atoms with Gasteiger partial charge in [-0.05, 0) is 24.3 Å². The van der Waals surface area contributed by atoms with E-state index in [2.05, 4.69) is 5.32 Å². The van der Waals surface area contributed by atoms with Crippen LogP contribution in [0.25, 0.3) is 22.0 Å². The molecule has 0 aliphatic rings. The number of benzene rings is 2. The molecule has 30 heavy (non-hydrogen) atoms. The van der Waals surface area contributed by atoms with Crippen LogP contribution in [0.1, 0.15) is 0 Å². The van der Waals surface area contributed by atoms with E-state index < -0.39 is 0 Å². The minimum Gasteiger partial charge on any atom is -0.497 e. The number of amides is 1. The maximum absolute atomic E-state index is 12.7. The van der Waals surface area contributed by atoms with Crippen LogP contribution in [0.3, 0.4) is 0 Å². The standard InChI is InChI=1S/C23H21N3O3S/c1-28-17-10-11-18(21(13-17)29-2)24-22(27)14-26-12-6-9-20(26)23-25-19(15-30-23)16-7-4-3-5-8-16/h3-13,15H,14H2,1-2H3,(H,24,27). The highest BCUT2D eigenvalue weighted by molar-refractivity contribution is 7.13. The second-order valence-corrected chi connectivity index (χ2v) is 7.40. The zero-order valence-corrected chi connectivity index (χ0v) is 17.5. The van der Waals surface area contributed by atoms with E-state index >= 15 is 0 Å². The highest BCUT2D eigenvalue weighted by Crippen LogP contribution is 2.30. The van der Waals surface area contributed by atoms with Crippen molar-refractivity contribution in [3.8, 4) is 33.5 Å². The Bertz CT molecular complexity index is 1150. The summed E-state index contributed by atoms with van der Waals surface area (Å²) in [5.41, 5.74) is 3.50. The number of anilines is 1. The van der Waals surface area contributed by atoms with E-state index in [0.29, 0.717) is 17.2 Å². The summed E-state index contributed by atoms with van der Waals surface area (Å²) in [6.45, 7) is 0.164. The van der Waals surface area contributed by atoms with Gasteiger partial charge in [-0.2, -0.15) is 0 Å². The fourth-order valence-corrected chi connectivity index (χ4v) is 3.99. The first kappa shape index (κ1) is 19.7. The van der Waals surface area contributed by atoms with Crippen LogP contribution >= 0.6 is 11.3 Å². The minimum atomic E-state index is -0.157. The second kappa shape index (κ2) is 8.84. The predicted molar refractivity (Wildman–Crippen MR) is 119 cm³/mol. The van der Waals surface area contributed by atoms with Gasteiger partial charge in [0.15, 0.2) is 0 Å². The summed E-state index contributed by atoms with van der Waals surface area (Å²) in [6, 6.07) is 19.2. The molecule has 4 rings (SSSR count). The molecular formula is C23H21N3O3S. The molecule has 2 aromatic carbocycles. The topological polar surface area (TPSA) is 65.4 Å². The van der Waals surface area contributed by atoms with Crippen molar-refractivity contribution in [2.45, 2.75) is 6.54 Å². The van der Waals surface area contributed by atoms with E-state index in [9.17, 15) is 4.79 Å². The molecule has 6 nitrogen and oxygen atoms in total. The van der Waals surface area contributed by atoms with E-state index in [1.54, 1.807) is 43.8 Å². The third kappa shape index (κ3) is 4.21. The molecule has 0 unspecified atom stereocenters. The van der Waals surface area contributed by atoms with Crippen molar-refractivity contribution in [1.29, 1.82) is 0 Å². The number of rotatable bonds is 7. The Hall–Kier alpha value is -3.58. The smallest absolute Gasteiger partial charge is 0.244 e. The van der Waals surface area contributed by atoms with Crippen LogP contribution in [0.5, 0.6) is 11.5 Å². The maximum atomic E-state index is 12.7. The molecule has 0 radical (unpaired) electrons. The SMILES string of the molecule is COc1ccc(NC(=O)Cn2cccc2-c2nc(-c3ccccc3)cs2)c(OC)c1. The normalized spacial score (nSPS) is 10.6. The van der Waals surface area contributed by atoms with Crippen molar-refractivity contribution in [2.24, 2.45) is 0 Å². The van der Waals surface area contributed by atoms with E-state index in [0.717, 1.165) is 22.0 Å². The first-order chi connectivity index (χ1) is 14.7. The summed E-state index contributed by atoms with van der Waals surface area (Å²) in [5, 5.41) is 5.80. The van der Waals surface area contributed by atoms with Crippen molar-refractivity contribution in [1.82, 2.24) is 9.55 Å². The number of ether oxygens (including phenoxy) is 2. The van der Waals surface area contributed by atoms with Gasteiger partial charge in [0.2, 0.25) is 5.91 Å². The quantitative estimate of drug-likeness (QED) is 0.461. The third-order valence-electron chi connectivity index (χ3n) is 4.62. The molecule has 2 aromatic heterocycles. The van der Waals surface area contributed by atoms with Gasteiger partial charge in [0.1, 0.15) is 23.1 Å². The zero-order valence-electron chi connectivity index (χ0n) is 16.7. The molecule has 7 heteroatoms. The lowest BCUT2D eigenvalue weighted by atomic mass is 10.2. The highest BCUT2D eigenvalue weighted by atomic mass is 32.1. The lowest BCUT2D eigenvalue weighted by Crippen LogP contribution is -2.19. The Morgan fingerprint density at radius 2 is 1.90 bits per heavy atom. The van der Waals surface area contributed by atoms with Gasteiger partial charge in [-0.25, -0.2) is 4.98 Å². The molecule has 0 aliphatic heterocycles. The van der Waals surface area contributed by atoms with E-state index in [-0.39, 0.29) is 12.5 Å². The molecule has 1 amide bonds. The fourth-order valence-electron chi connectivity index (χ4n) is 3.13. The number of carbonyl (C=O) groups excluding carboxylic acids is 1. The monoisotopic (exact) mass is 419 g/mol. The van der Waals surface area contributed by atoms with E-state index in [1.165, 1.54) is 0 Å². The van der Waals surface area contributed by atoms with Crippen LogP contribution in [-0.4, -0.2) is 29.7 Å². The summed E-state index contributed by atoms with van der Waals surface area (Å²) in [5.74, 6) is 1.05. The molecule has 0 saturated carbocycles. The number of nitrogens with zero attached hydrogens (tertiary/aromatic N) is 2. The summed E-state index contributed by atoms with van der Waals surface area (Å²) in [7, 11) is 3.14. The molecule has 2 heterocycles. The molecule has 4 aromatic rings. The van der Waals surface area contributed by atoms with Gasteiger partial charge in [0, 0.05) is 23.2 Å². The van der Waals surface area contributed by atoms with Crippen molar-refractivity contribution < 1.29 is 14.3 Å². The zero-order chi connectivity index (χ0) is 20.9. The molecule has 0 fully saturated rings. The second-order valence-electron chi connectivity index (χ2n) is 6.54. The van der Waals surface area contributed by atoms with Gasteiger partial charge in [0.05, 0.1) is 31.3 Å². The Balaban J connectivity index is 1.51.